The van der Waals surface area contributed by atoms with Crippen LogP contribution in [0.25, 0.3) is 0 Å². The molecule has 0 saturated carbocycles. The van der Waals surface area contributed by atoms with Gasteiger partial charge < -0.3 is 4.74 Å². The lowest BCUT2D eigenvalue weighted by Crippen LogP contribution is -2.50. The molecule has 0 spiro atoms. The van der Waals surface area contributed by atoms with Crippen LogP contribution in [0.15, 0.2) is 29.2 Å². The summed E-state index contributed by atoms with van der Waals surface area (Å²) in [5.41, 5.74) is -2.71. The number of methoxy groups -OCH3 is 1. The number of hydrogen-bond acceptors (Lipinski definition) is 4. The van der Waals surface area contributed by atoms with Crippen molar-refractivity contribution in [3.8, 4) is 0 Å². The predicted octanol–water partition coefficient (Wildman–Crippen LogP) is 1.94. The number of hydrogen-bond donors (Lipinski definition) is 1. The van der Waals surface area contributed by atoms with E-state index in [0.29, 0.717) is 6.07 Å². The number of sulfonamides is 1. The number of ether oxygens (including phenoxy) is 1. The predicted molar refractivity (Wildman–Crippen MR) is 67.9 cm³/mol. The molecule has 0 aromatic heterocycles. The Morgan fingerprint density at radius 1 is 1.24 bits per heavy atom. The van der Waals surface area contributed by atoms with Gasteiger partial charge in [-0.15, -0.1) is 0 Å². The molecule has 0 radical (unpaired) electrons. The average molecular weight is 325 g/mol. The Morgan fingerprint density at radius 3 is 2.29 bits per heavy atom. The molecular weight excluding hydrogens is 311 g/mol. The van der Waals surface area contributed by atoms with Crippen LogP contribution in [0.5, 0.6) is 0 Å². The number of nitrogens with one attached hydrogen (secondary N) is 1. The normalized spacial score (nSPS) is 13.0. The topological polar surface area (TPSA) is 72.5 Å². The van der Waals surface area contributed by atoms with E-state index in [4.69, 9.17) is 0 Å². The van der Waals surface area contributed by atoms with E-state index in [-0.39, 0.29) is 0 Å². The van der Waals surface area contributed by atoms with Crippen LogP contribution in [-0.2, 0) is 25.7 Å². The van der Waals surface area contributed by atoms with Crippen molar-refractivity contribution in [2.75, 3.05) is 7.11 Å². The van der Waals surface area contributed by atoms with Gasteiger partial charge in [0, 0.05) is 0 Å². The van der Waals surface area contributed by atoms with Gasteiger partial charge in [-0.2, -0.15) is 17.9 Å². The summed E-state index contributed by atoms with van der Waals surface area (Å²) in [6.07, 6.45) is -4.66. The standard InChI is InChI=1S/C12H14F3NO4S/c1-11(2,10(17)20-3)16-21(18,19)9-6-4-5-8(7-9)12(13,14)15/h4-7,16H,1-3H3. The van der Waals surface area contributed by atoms with E-state index < -0.39 is 38.2 Å². The van der Waals surface area contributed by atoms with Gasteiger partial charge in [-0.05, 0) is 32.0 Å². The second-order valence-corrected chi connectivity index (χ2v) is 6.43. The van der Waals surface area contributed by atoms with E-state index >= 15 is 0 Å². The summed E-state index contributed by atoms with van der Waals surface area (Å²) in [7, 11) is -3.23. The zero-order valence-electron chi connectivity index (χ0n) is 11.5. The number of esters is 1. The van der Waals surface area contributed by atoms with Crippen molar-refractivity contribution in [3.05, 3.63) is 29.8 Å². The molecule has 0 aliphatic heterocycles. The molecule has 1 aromatic carbocycles. The quantitative estimate of drug-likeness (QED) is 0.859. The first kappa shape index (κ1) is 17.4. The maximum Gasteiger partial charge on any atom is 0.416 e. The Bertz CT molecular complexity index is 638. The summed E-state index contributed by atoms with van der Waals surface area (Å²) in [4.78, 5) is 10.9. The lowest BCUT2D eigenvalue weighted by Gasteiger charge is -2.23. The van der Waals surface area contributed by atoms with E-state index in [9.17, 15) is 26.4 Å². The zero-order chi connectivity index (χ0) is 16.5. The molecule has 5 nitrogen and oxygen atoms in total. The fourth-order valence-electron chi connectivity index (χ4n) is 1.53. The van der Waals surface area contributed by atoms with Crippen LogP contribution in [-0.4, -0.2) is 27.0 Å². The van der Waals surface area contributed by atoms with Crippen molar-refractivity contribution in [3.63, 3.8) is 0 Å². The first-order chi connectivity index (χ1) is 9.40. The Labute approximate surface area is 120 Å². The van der Waals surface area contributed by atoms with Crippen molar-refractivity contribution in [2.45, 2.75) is 30.5 Å². The van der Waals surface area contributed by atoms with Crippen molar-refractivity contribution in [1.82, 2.24) is 4.72 Å². The first-order valence-electron chi connectivity index (χ1n) is 5.70. The van der Waals surface area contributed by atoms with Gasteiger partial charge in [0.25, 0.3) is 0 Å². The zero-order valence-corrected chi connectivity index (χ0v) is 12.3. The van der Waals surface area contributed by atoms with Crippen LogP contribution < -0.4 is 4.72 Å². The molecule has 0 atom stereocenters. The second-order valence-electron chi connectivity index (χ2n) is 4.75. The average Bonchev–Trinajstić information content (AvgIpc) is 2.35. The fraction of sp³-hybridized carbons (Fsp3) is 0.417. The maximum absolute atomic E-state index is 12.6. The molecule has 0 aliphatic carbocycles. The number of benzene rings is 1. The summed E-state index contributed by atoms with van der Waals surface area (Å²) in [5.74, 6) is -0.863. The van der Waals surface area contributed by atoms with Crippen molar-refractivity contribution in [1.29, 1.82) is 0 Å². The first-order valence-corrected chi connectivity index (χ1v) is 7.18. The Morgan fingerprint density at radius 2 is 1.81 bits per heavy atom. The van der Waals surface area contributed by atoms with E-state index in [1.165, 1.54) is 13.8 Å². The van der Waals surface area contributed by atoms with Gasteiger partial charge in [0.2, 0.25) is 10.0 Å². The highest BCUT2D eigenvalue weighted by atomic mass is 32.2. The molecule has 0 bridgehead atoms. The number of carbonyl (C=O) groups is 1. The highest BCUT2D eigenvalue weighted by Crippen LogP contribution is 2.30. The highest BCUT2D eigenvalue weighted by Gasteiger charge is 2.36. The van der Waals surface area contributed by atoms with Crippen LogP contribution in [0.4, 0.5) is 13.2 Å². The number of halogens is 3. The highest BCUT2D eigenvalue weighted by molar-refractivity contribution is 7.89. The largest absolute Gasteiger partial charge is 0.468 e. The van der Waals surface area contributed by atoms with Crippen LogP contribution in [0.2, 0.25) is 0 Å². The molecule has 118 valence electrons. The Hall–Kier alpha value is -1.61. The third-order valence-corrected chi connectivity index (χ3v) is 4.21. The molecular formula is C12H14F3NO4S. The van der Waals surface area contributed by atoms with E-state index in [1.54, 1.807) is 0 Å². The van der Waals surface area contributed by atoms with Gasteiger partial charge in [0.15, 0.2) is 0 Å². The summed E-state index contributed by atoms with van der Waals surface area (Å²) < 4.78 is 68.3. The lowest BCUT2D eigenvalue weighted by atomic mass is 10.1. The summed E-state index contributed by atoms with van der Waals surface area (Å²) >= 11 is 0. The number of rotatable bonds is 4. The molecule has 1 rings (SSSR count). The van der Waals surface area contributed by atoms with Crippen molar-refractivity contribution >= 4 is 16.0 Å². The van der Waals surface area contributed by atoms with E-state index in [1.807, 2.05) is 4.72 Å². The van der Waals surface area contributed by atoms with Crippen LogP contribution in [0.3, 0.4) is 0 Å². The molecule has 0 unspecified atom stereocenters. The minimum absolute atomic E-state index is 0.496. The molecule has 1 N–H and O–H groups in total. The molecule has 21 heavy (non-hydrogen) atoms. The van der Waals surface area contributed by atoms with Gasteiger partial charge >= 0.3 is 12.1 Å². The smallest absolute Gasteiger partial charge is 0.416 e. The summed E-state index contributed by atoms with van der Waals surface area (Å²) in [6.45, 7) is 2.48. The second kappa shape index (κ2) is 5.64. The molecule has 0 saturated heterocycles. The minimum atomic E-state index is -4.66. The third kappa shape index (κ3) is 4.18. The molecule has 0 amide bonds. The summed E-state index contributed by atoms with van der Waals surface area (Å²) in [5, 5.41) is 0. The van der Waals surface area contributed by atoms with Gasteiger partial charge in [-0.25, -0.2) is 8.42 Å². The minimum Gasteiger partial charge on any atom is -0.468 e. The molecule has 0 aliphatic rings. The van der Waals surface area contributed by atoms with Crippen LogP contribution in [0, 0.1) is 0 Å². The molecule has 0 fully saturated rings. The van der Waals surface area contributed by atoms with Crippen LogP contribution in [0.1, 0.15) is 19.4 Å². The monoisotopic (exact) mass is 325 g/mol. The number of alkyl halides is 3. The van der Waals surface area contributed by atoms with E-state index in [0.717, 1.165) is 25.3 Å². The molecule has 0 heterocycles. The Kier molecular flexibility index (Phi) is 4.69. The fourth-order valence-corrected chi connectivity index (χ4v) is 2.94. The van der Waals surface area contributed by atoms with Gasteiger partial charge in [-0.1, -0.05) is 6.07 Å². The third-order valence-electron chi connectivity index (χ3n) is 2.56. The van der Waals surface area contributed by atoms with Gasteiger partial charge in [0.1, 0.15) is 5.54 Å². The maximum atomic E-state index is 12.6. The van der Waals surface area contributed by atoms with Gasteiger partial charge in [0.05, 0.1) is 17.6 Å². The SMILES string of the molecule is COC(=O)C(C)(C)NS(=O)(=O)c1cccc(C(F)(F)F)c1. The van der Waals surface area contributed by atoms with E-state index in [2.05, 4.69) is 4.74 Å². The Balaban J connectivity index is 3.18. The molecule has 1 aromatic rings. The number of carbonyl (C=O) groups excluding carboxylic acids is 1. The van der Waals surface area contributed by atoms with Gasteiger partial charge in [-0.3, -0.25) is 4.79 Å². The van der Waals surface area contributed by atoms with Crippen molar-refractivity contribution < 1.29 is 31.1 Å². The summed E-state index contributed by atoms with van der Waals surface area (Å²) in [6, 6.07) is 3.23. The van der Waals surface area contributed by atoms with Crippen molar-refractivity contribution in [2.24, 2.45) is 0 Å². The molecule has 9 heteroatoms. The lowest BCUT2D eigenvalue weighted by molar-refractivity contribution is -0.146. The van der Waals surface area contributed by atoms with Crippen LogP contribution >= 0.6 is 0 Å².